The first-order valence-corrected chi connectivity index (χ1v) is 4.21. The van der Waals surface area contributed by atoms with Gasteiger partial charge in [0.05, 0.1) is 0 Å². The molecule has 1 N–H and O–H groups in total. The number of aromatic nitrogens is 3. The molecule has 0 spiro atoms. The quantitative estimate of drug-likeness (QED) is 0.717. The molecular weight excluding hydrogens is 162 g/mol. The number of aromatic amines is 1. The van der Waals surface area contributed by atoms with Gasteiger partial charge in [0.2, 0.25) is 0 Å². The van der Waals surface area contributed by atoms with Crippen molar-refractivity contribution in [2.75, 3.05) is 0 Å². The van der Waals surface area contributed by atoms with Crippen LogP contribution in [0.3, 0.4) is 0 Å². The first kappa shape index (κ1) is 7.98. The fourth-order valence-electron chi connectivity index (χ4n) is 1.39. The summed E-state index contributed by atoms with van der Waals surface area (Å²) in [5, 5.41) is 0. The van der Waals surface area contributed by atoms with Gasteiger partial charge in [-0.05, 0) is 26.0 Å². The molecule has 3 heteroatoms. The van der Waals surface area contributed by atoms with Gasteiger partial charge in [0.25, 0.3) is 0 Å². The molecule has 3 nitrogen and oxygen atoms in total. The van der Waals surface area contributed by atoms with Crippen LogP contribution in [0.4, 0.5) is 0 Å². The molecule has 2 aromatic heterocycles. The van der Waals surface area contributed by atoms with Crippen LogP contribution in [0.25, 0.3) is 11.4 Å². The summed E-state index contributed by atoms with van der Waals surface area (Å²) in [5.41, 5.74) is 3.13. The summed E-state index contributed by atoms with van der Waals surface area (Å²) in [6.45, 7) is 3.97. The largest absolute Gasteiger partial charge is 0.345 e. The predicted molar refractivity (Wildman–Crippen MR) is 51.3 cm³/mol. The molecule has 0 aliphatic heterocycles. The van der Waals surface area contributed by atoms with Gasteiger partial charge >= 0.3 is 0 Å². The second kappa shape index (κ2) is 3.01. The number of aryl methyl sites for hydroxylation is 2. The van der Waals surface area contributed by atoms with E-state index in [0.717, 1.165) is 22.8 Å². The van der Waals surface area contributed by atoms with Gasteiger partial charge in [-0.2, -0.15) is 0 Å². The Bertz CT molecular complexity index is 384. The monoisotopic (exact) mass is 173 g/mol. The third kappa shape index (κ3) is 1.59. The lowest BCUT2D eigenvalue weighted by Gasteiger charge is -2.00. The lowest BCUT2D eigenvalue weighted by Crippen LogP contribution is -1.88. The average Bonchev–Trinajstić information content (AvgIpc) is 2.53. The van der Waals surface area contributed by atoms with Crippen LogP contribution in [0.5, 0.6) is 0 Å². The molecule has 66 valence electrons. The van der Waals surface area contributed by atoms with Crippen molar-refractivity contribution in [1.29, 1.82) is 0 Å². The van der Waals surface area contributed by atoms with E-state index in [2.05, 4.69) is 15.0 Å². The van der Waals surface area contributed by atoms with Crippen LogP contribution in [0.1, 0.15) is 11.4 Å². The number of imidazole rings is 1. The van der Waals surface area contributed by atoms with Gasteiger partial charge in [0.1, 0.15) is 5.82 Å². The van der Waals surface area contributed by atoms with Gasteiger partial charge in [0, 0.05) is 29.3 Å². The number of hydrogen-bond acceptors (Lipinski definition) is 2. The molecule has 2 heterocycles. The molecule has 0 aliphatic rings. The molecule has 0 unspecified atom stereocenters. The normalized spacial score (nSPS) is 10.3. The van der Waals surface area contributed by atoms with Crippen molar-refractivity contribution in [2.45, 2.75) is 13.8 Å². The van der Waals surface area contributed by atoms with E-state index in [-0.39, 0.29) is 0 Å². The minimum absolute atomic E-state index is 0.897. The van der Waals surface area contributed by atoms with E-state index >= 15 is 0 Å². The molecule has 2 rings (SSSR count). The highest BCUT2D eigenvalue weighted by Crippen LogP contribution is 2.15. The van der Waals surface area contributed by atoms with Crippen LogP contribution in [-0.2, 0) is 0 Å². The van der Waals surface area contributed by atoms with E-state index < -0.39 is 0 Å². The lowest BCUT2D eigenvalue weighted by molar-refractivity contribution is 1.12. The molecule has 13 heavy (non-hydrogen) atoms. The summed E-state index contributed by atoms with van der Waals surface area (Å²) in [4.78, 5) is 11.6. The summed E-state index contributed by atoms with van der Waals surface area (Å²) in [5.74, 6) is 0.897. The van der Waals surface area contributed by atoms with Gasteiger partial charge in [-0.15, -0.1) is 0 Å². The summed E-state index contributed by atoms with van der Waals surface area (Å²) in [6.07, 6.45) is 3.57. The zero-order chi connectivity index (χ0) is 9.26. The Morgan fingerprint density at radius 3 is 2.38 bits per heavy atom. The molecule has 0 radical (unpaired) electrons. The number of nitrogens with one attached hydrogen (secondary N) is 1. The predicted octanol–water partition coefficient (Wildman–Crippen LogP) is 2.09. The Balaban J connectivity index is 2.53. The van der Waals surface area contributed by atoms with Gasteiger partial charge in [-0.25, -0.2) is 4.98 Å². The summed E-state index contributed by atoms with van der Waals surface area (Å²) < 4.78 is 0. The molecular formula is C10H11N3. The van der Waals surface area contributed by atoms with Crippen LogP contribution in [0.2, 0.25) is 0 Å². The van der Waals surface area contributed by atoms with Crippen LogP contribution < -0.4 is 0 Å². The van der Waals surface area contributed by atoms with Gasteiger partial charge in [-0.3, -0.25) is 4.98 Å². The molecule has 0 amide bonds. The lowest BCUT2D eigenvalue weighted by atomic mass is 10.2. The van der Waals surface area contributed by atoms with Gasteiger partial charge < -0.3 is 4.98 Å². The highest BCUT2D eigenvalue weighted by atomic mass is 14.9. The van der Waals surface area contributed by atoms with E-state index in [9.17, 15) is 0 Å². The third-order valence-electron chi connectivity index (χ3n) is 1.85. The number of pyridine rings is 1. The summed E-state index contributed by atoms with van der Waals surface area (Å²) in [6, 6.07) is 4.04. The third-order valence-corrected chi connectivity index (χ3v) is 1.85. The highest BCUT2D eigenvalue weighted by molar-refractivity contribution is 5.55. The molecule has 0 atom stereocenters. The number of hydrogen-bond donors (Lipinski definition) is 1. The Hall–Kier alpha value is -1.64. The van der Waals surface area contributed by atoms with Crippen molar-refractivity contribution >= 4 is 0 Å². The second-order valence-electron chi connectivity index (χ2n) is 3.08. The Kier molecular flexibility index (Phi) is 1.85. The molecule has 0 aromatic carbocycles. The zero-order valence-corrected chi connectivity index (χ0v) is 7.70. The van der Waals surface area contributed by atoms with Crippen LogP contribution >= 0.6 is 0 Å². The summed E-state index contributed by atoms with van der Waals surface area (Å²) >= 11 is 0. The van der Waals surface area contributed by atoms with E-state index in [0.29, 0.717) is 0 Å². The van der Waals surface area contributed by atoms with Crippen molar-refractivity contribution in [2.24, 2.45) is 0 Å². The van der Waals surface area contributed by atoms with Gasteiger partial charge in [0.15, 0.2) is 0 Å². The zero-order valence-electron chi connectivity index (χ0n) is 7.70. The first-order chi connectivity index (χ1) is 6.25. The number of nitrogens with zero attached hydrogens (tertiary/aromatic N) is 2. The van der Waals surface area contributed by atoms with E-state index in [1.165, 1.54) is 0 Å². The topological polar surface area (TPSA) is 41.6 Å². The van der Waals surface area contributed by atoms with E-state index in [4.69, 9.17) is 0 Å². The maximum Gasteiger partial charge on any atom is 0.137 e. The van der Waals surface area contributed by atoms with Crippen molar-refractivity contribution in [3.8, 4) is 11.4 Å². The summed E-state index contributed by atoms with van der Waals surface area (Å²) in [7, 11) is 0. The smallest absolute Gasteiger partial charge is 0.137 e. The van der Waals surface area contributed by atoms with Crippen LogP contribution in [0.15, 0.2) is 24.5 Å². The van der Waals surface area contributed by atoms with E-state index in [1.54, 1.807) is 6.20 Å². The van der Waals surface area contributed by atoms with Crippen LogP contribution in [0, 0.1) is 13.8 Å². The molecule has 0 bridgehead atoms. The standard InChI is InChI=1S/C10H11N3/c1-7-5-9(6-8(2)13-7)10-11-3-4-12-10/h3-6H,1-2H3,(H,11,12). The molecule has 2 aromatic rings. The number of rotatable bonds is 1. The van der Waals surface area contributed by atoms with Crippen molar-refractivity contribution in [3.05, 3.63) is 35.9 Å². The average molecular weight is 173 g/mol. The Morgan fingerprint density at radius 2 is 1.85 bits per heavy atom. The molecule has 0 saturated heterocycles. The fraction of sp³-hybridized carbons (Fsp3) is 0.200. The maximum absolute atomic E-state index is 4.30. The van der Waals surface area contributed by atoms with Crippen molar-refractivity contribution in [3.63, 3.8) is 0 Å². The van der Waals surface area contributed by atoms with Crippen LogP contribution in [-0.4, -0.2) is 15.0 Å². The second-order valence-corrected chi connectivity index (χ2v) is 3.08. The Labute approximate surface area is 76.9 Å². The molecule has 0 aliphatic carbocycles. The minimum atomic E-state index is 0.897. The van der Waals surface area contributed by atoms with Crippen molar-refractivity contribution in [1.82, 2.24) is 15.0 Å². The SMILES string of the molecule is Cc1cc(-c2ncc[nH]2)cc(C)n1. The van der Waals surface area contributed by atoms with Gasteiger partial charge in [-0.1, -0.05) is 0 Å². The van der Waals surface area contributed by atoms with Crippen molar-refractivity contribution < 1.29 is 0 Å². The first-order valence-electron chi connectivity index (χ1n) is 4.21. The Morgan fingerprint density at radius 1 is 1.15 bits per heavy atom. The molecule has 0 saturated carbocycles. The van der Waals surface area contributed by atoms with E-state index in [1.807, 2.05) is 32.2 Å². The molecule has 0 fully saturated rings. The fourth-order valence-corrected chi connectivity index (χ4v) is 1.39. The minimum Gasteiger partial charge on any atom is -0.345 e. The number of H-pyrrole nitrogens is 1. The highest BCUT2D eigenvalue weighted by Gasteiger charge is 2.01. The maximum atomic E-state index is 4.30.